The molecule has 0 atom stereocenters. The smallest absolute Gasteiger partial charge is 0.225 e. The van der Waals surface area contributed by atoms with Crippen LogP contribution in [0, 0.1) is 0 Å². The zero-order valence-electron chi connectivity index (χ0n) is 6.88. The Morgan fingerprint density at radius 3 is 2.00 bits per heavy atom. The minimum atomic E-state index is 0.00301. The Bertz CT molecular complexity index is 297. The molecule has 0 aliphatic rings. The molecule has 1 rings (SSSR count). The molecular formula is C6H6Cl3N3O. The summed E-state index contributed by atoms with van der Waals surface area (Å²) in [4.78, 5) is 12.3. The molecule has 0 unspecified atom stereocenters. The van der Waals surface area contributed by atoms with E-state index in [4.69, 9.17) is 39.6 Å². The highest BCUT2D eigenvalue weighted by atomic mass is 35.5. The van der Waals surface area contributed by atoms with Gasteiger partial charge in [-0.1, -0.05) is 23.2 Å². The fourth-order valence-electron chi connectivity index (χ4n) is 0.729. The second kappa shape index (κ2) is 4.28. The summed E-state index contributed by atoms with van der Waals surface area (Å²) in [5.41, 5.74) is 0.384. The van der Waals surface area contributed by atoms with Crippen molar-refractivity contribution in [3.63, 3.8) is 0 Å². The molecule has 72 valence electrons. The molecule has 0 aliphatic heterocycles. The summed E-state index contributed by atoms with van der Waals surface area (Å²) in [7, 11) is 3.10. The van der Waals surface area contributed by atoms with Gasteiger partial charge in [0.05, 0.1) is 7.11 Å². The molecule has 0 aliphatic carbocycles. The number of hydrogen-bond acceptors (Lipinski definition) is 4. The maximum atomic E-state index is 5.77. The molecule has 0 aromatic carbocycles. The number of hydrogen-bond donors (Lipinski definition) is 0. The number of rotatable bonds is 2. The summed E-state index contributed by atoms with van der Waals surface area (Å²) in [5.74, 6) is 0. The Morgan fingerprint density at radius 1 is 1.15 bits per heavy atom. The van der Waals surface area contributed by atoms with Crippen molar-refractivity contribution in [2.75, 3.05) is 19.2 Å². The van der Waals surface area contributed by atoms with Crippen molar-refractivity contribution in [2.45, 2.75) is 0 Å². The Morgan fingerprint density at radius 2 is 1.62 bits per heavy atom. The van der Waals surface area contributed by atoms with Crippen molar-refractivity contribution >= 4 is 40.5 Å². The summed E-state index contributed by atoms with van der Waals surface area (Å²) in [6, 6.07) is 0. The quantitative estimate of drug-likeness (QED) is 0.453. The molecule has 13 heavy (non-hydrogen) atoms. The van der Waals surface area contributed by atoms with Gasteiger partial charge < -0.3 is 0 Å². The number of hydroxylamine groups is 1. The SMILES string of the molecule is CON(C)c1c(Cl)nc(Cl)nc1Cl. The molecule has 0 spiro atoms. The van der Waals surface area contributed by atoms with Crippen LogP contribution < -0.4 is 5.06 Å². The molecule has 1 aromatic rings. The van der Waals surface area contributed by atoms with Crippen LogP contribution in [0.25, 0.3) is 0 Å². The van der Waals surface area contributed by atoms with E-state index in [1.807, 2.05) is 0 Å². The van der Waals surface area contributed by atoms with E-state index in [9.17, 15) is 0 Å². The zero-order chi connectivity index (χ0) is 10.0. The number of nitrogens with zero attached hydrogens (tertiary/aromatic N) is 3. The van der Waals surface area contributed by atoms with Crippen LogP contribution in [0.3, 0.4) is 0 Å². The number of halogens is 3. The average molecular weight is 242 g/mol. The van der Waals surface area contributed by atoms with E-state index in [2.05, 4.69) is 9.97 Å². The van der Waals surface area contributed by atoms with Gasteiger partial charge in [-0.15, -0.1) is 0 Å². The monoisotopic (exact) mass is 241 g/mol. The topological polar surface area (TPSA) is 38.2 Å². The summed E-state index contributed by atoms with van der Waals surface area (Å²) in [6.07, 6.45) is 0. The molecule has 0 saturated heterocycles. The molecule has 1 aromatic heterocycles. The van der Waals surface area contributed by atoms with E-state index in [0.717, 1.165) is 0 Å². The number of aromatic nitrogens is 2. The highest BCUT2D eigenvalue weighted by molar-refractivity contribution is 6.38. The largest absolute Gasteiger partial charge is 0.277 e. The normalized spacial score (nSPS) is 10.2. The van der Waals surface area contributed by atoms with Crippen LogP contribution in [-0.4, -0.2) is 24.1 Å². The Balaban J connectivity index is 3.20. The highest BCUT2D eigenvalue weighted by Crippen LogP contribution is 2.30. The molecule has 0 fully saturated rings. The minimum Gasteiger partial charge on any atom is -0.277 e. The van der Waals surface area contributed by atoms with Crippen molar-refractivity contribution in [3.8, 4) is 0 Å². The lowest BCUT2D eigenvalue weighted by molar-refractivity contribution is 0.184. The van der Waals surface area contributed by atoms with E-state index in [1.54, 1.807) is 7.05 Å². The van der Waals surface area contributed by atoms with Crippen molar-refractivity contribution < 1.29 is 4.84 Å². The van der Waals surface area contributed by atoms with E-state index in [1.165, 1.54) is 12.2 Å². The fourth-order valence-corrected chi connectivity index (χ4v) is 1.61. The van der Waals surface area contributed by atoms with Crippen molar-refractivity contribution in [2.24, 2.45) is 0 Å². The summed E-state index contributed by atoms with van der Waals surface area (Å²) in [6.45, 7) is 0. The van der Waals surface area contributed by atoms with Crippen LogP contribution in [0.2, 0.25) is 15.6 Å². The molecule has 0 amide bonds. The summed E-state index contributed by atoms with van der Waals surface area (Å²) in [5, 5.41) is 1.65. The molecule has 1 heterocycles. The van der Waals surface area contributed by atoms with Crippen molar-refractivity contribution in [1.82, 2.24) is 9.97 Å². The molecule has 0 N–H and O–H groups in total. The van der Waals surface area contributed by atoms with Gasteiger partial charge in [0.15, 0.2) is 10.3 Å². The van der Waals surface area contributed by atoms with Gasteiger partial charge in [0, 0.05) is 7.05 Å². The third-order valence-corrected chi connectivity index (χ3v) is 2.06. The standard InChI is InChI=1S/C6H6Cl3N3O/c1-12(13-2)3-4(7)10-6(9)11-5(3)8/h1-2H3. The molecular weight excluding hydrogens is 236 g/mol. The maximum Gasteiger partial charge on any atom is 0.225 e. The molecule has 0 saturated carbocycles. The van der Waals surface area contributed by atoms with Crippen LogP contribution in [0.15, 0.2) is 0 Å². The van der Waals surface area contributed by atoms with Crippen LogP contribution in [0.4, 0.5) is 5.69 Å². The van der Waals surface area contributed by atoms with Crippen LogP contribution in [0.1, 0.15) is 0 Å². The Kier molecular flexibility index (Phi) is 3.55. The minimum absolute atomic E-state index is 0.00301. The van der Waals surface area contributed by atoms with Gasteiger partial charge in [0.2, 0.25) is 5.28 Å². The van der Waals surface area contributed by atoms with E-state index in [0.29, 0.717) is 5.69 Å². The Labute approximate surface area is 90.3 Å². The zero-order valence-corrected chi connectivity index (χ0v) is 9.15. The van der Waals surface area contributed by atoms with Gasteiger partial charge in [0.25, 0.3) is 0 Å². The van der Waals surface area contributed by atoms with Gasteiger partial charge in [-0.2, -0.15) is 0 Å². The second-order valence-corrected chi connectivity index (χ2v) is 3.16. The second-order valence-electron chi connectivity index (χ2n) is 2.10. The van der Waals surface area contributed by atoms with Crippen LogP contribution in [-0.2, 0) is 4.84 Å². The van der Waals surface area contributed by atoms with Crippen LogP contribution in [0.5, 0.6) is 0 Å². The van der Waals surface area contributed by atoms with E-state index in [-0.39, 0.29) is 15.6 Å². The van der Waals surface area contributed by atoms with Gasteiger partial charge >= 0.3 is 0 Å². The first-order chi connectivity index (χ1) is 6.06. The summed E-state index contributed by atoms with van der Waals surface area (Å²) >= 11 is 17.1. The van der Waals surface area contributed by atoms with Crippen molar-refractivity contribution in [1.29, 1.82) is 0 Å². The third kappa shape index (κ3) is 2.34. The lowest BCUT2D eigenvalue weighted by atomic mass is 10.5. The maximum absolute atomic E-state index is 5.77. The van der Waals surface area contributed by atoms with Gasteiger partial charge in [-0.05, 0) is 11.6 Å². The first-order valence-corrected chi connectivity index (χ1v) is 4.36. The van der Waals surface area contributed by atoms with Gasteiger partial charge in [0.1, 0.15) is 5.69 Å². The van der Waals surface area contributed by atoms with Crippen molar-refractivity contribution in [3.05, 3.63) is 15.6 Å². The molecule has 7 heteroatoms. The van der Waals surface area contributed by atoms with Crippen LogP contribution >= 0.6 is 34.8 Å². The molecule has 0 radical (unpaired) electrons. The van der Waals surface area contributed by atoms with E-state index < -0.39 is 0 Å². The predicted octanol–water partition coefficient (Wildman–Crippen LogP) is 2.43. The summed E-state index contributed by atoms with van der Waals surface area (Å²) < 4.78 is 0. The first kappa shape index (κ1) is 10.8. The lowest BCUT2D eigenvalue weighted by Gasteiger charge is -2.17. The highest BCUT2D eigenvalue weighted by Gasteiger charge is 2.14. The van der Waals surface area contributed by atoms with E-state index >= 15 is 0 Å². The fraction of sp³-hybridized carbons (Fsp3) is 0.333. The average Bonchev–Trinajstić information content (AvgIpc) is 2.02. The first-order valence-electron chi connectivity index (χ1n) is 3.22. The molecule has 0 bridgehead atoms. The van der Waals surface area contributed by atoms with Gasteiger partial charge in [-0.3, -0.25) is 9.90 Å². The number of anilines is 1. The molecule has 4 nitrogen and oxygen atoms in total. The lowest BCUT2D eigenvalue weighted by Crippen LogP contribution is -2.16. The Hall–Kier alpha value is -0.290. The predicted molar refractivity (Wildman–Crippen MR) is 52.5 cm³/mol. The van der Waals surface area contributed by atoms with Gasteiger partial charge in [-0.25, -0.2) is 9.97 Å². The third-order valence-electron chi connectivity index (χ3n) is 1.36.